The van der Waals surface area contributed by atoms with E-state index in [1.807, 2.05) is 6.07 Å². The molecule has 0 aliphatic rings. The molecule has 2 aromatic rings. The van der Waals surface area contributed by atoms with Gasteiger partial charge in [-0.25, -0.2) is 4.52 Å². The predicted molar refractivity (Wildman–Crippen MR) is 56.8 cm³/mol. The zero-order chi connectivity index (χ0) is 12.3. The van der Waals surface area contributed by atoms with Crippen LogP contribution in [-0.2, 0) is 0 Å². The van der Waals surface area contributed by atoms with E-state index in [4.69, 9.17) is 0 Å². The van der Waals surface area contributed by atoms with Crippen LogP contribution >= 0.6 is 0 Å². The van der Waals surface area contributed by atoms with Crippen LogP contribution in [0.4, 0.5) is 19.1 Å². The van der Waals surface area contributed by atoms with Gasteiger partial charge in [-0.1, -0.05) is 6.07 Å². The van der Waals surface area contributed by atoms with Crippen LogP contribution in [0.25, 0.3) is 5.65 Å². The highest BCUT2D eigenvalue weighted by Crippen LogP contribution is 2.21. The fraction of sp³-hybridized carbons (Fsp3) is 0.400. The van der Waals surface area contributed by atoms with Crippen molar-refractivity contribution in [2.24, 2.45) is 0 Å². The first-order chi connectivity index (χ1) is 8.04. The van der Waals surface area contributed by atoms with Gasteiger partial charge in [0, 0.05) is 19.2 Å². The predicted octanol–water partition coefficient (Wildman–Crippen LogP) is 2.48. The summed E-state index contributed by atoms with van der Waals surface area (Å²) < 4.78 is 37.2. The van der Waals surface area contributed by atoms with Crippen molar-refractivity contribution in [2.45, 2.75) is 19.0 Å². The van der Waals surface area contributed by atoms with Crippen LogP contribution in [-0.4, -0.2) is 27.3 Å². The van der Waals surface area contributed by atoms with Crippen LogP contribution in [0.15, 0.2) is 24.4 Å². The molecule has 0 atom stereocenters. The molecule has 2 aromatic heterocycles. The number of anilines is 1. The first kappa shape index (κ1) is 11.7. The SMILES string of the molecule is FC(F)(F)CCCNc1nc2ccccn2n1. The van der Waals surface area contributed by atoms with Crippen molar-refractivity contribution in [2.75, 3.05) is 11.9 Å². The average Bonchev–Trinajstić information content (AvgIpc) is 2.65. The second-order valence-corrected chi connectivity index (χ2v) is 3.58. The molecule has 0 unspecified atom stereocenters. The minimum Gasteiger partial charge on any atom is -0.353 e. The zero-order valence-corrected chi connectivity index (χ0v) is 8.91. The van der Waals surface area contributed by atoms with E-state index in [9.17, 15) is 13.2 Å². The summed E-state index contributed by atoms with van der Waals surface area (Å²) in [6.45, 7) is 0.205. The second kappa shape index (κ2) is 4.60. The largest absolute Gasteiger partial charge is 0.389 e. The number of pyridine rings is 1. The Balaban J connectivity index is 1.87. The van der Waals surface area contributed by atoms with Gasteiger partial charge >= 0.3 is 6.18 Å². The lowest BCUT2D eigenvalue weighted by atomic mass is 10.3. The minimum absolute atomic E-state index is 0.0129. The molecule has 0 amide bonds. The summed E-state index contributed by atoms with van der Waals surface area (Å²) in [5.74, 6) is 0.346. The van der Waals surface area contributed by atoms with Crippen molar-refractivity contribution < 1.29 is 13.2 Å². The van der Waals surface area contributed by atoms with Gasteiger partial charge in [0.2, 0.25) is 5.95 Å². The summed E-state index contributed by atoms with van der Waals surface area (Å²) in [7, 11) is 0. The maximum absolute atomic E-state index is 11.9. The molecule has 0 radical (unpaired) electrons. The molecule has 17 heavy (non-hydrogen) atoms. The van der Waals surface area contributed by atoms with Crippen LogP contribution in [0, 0.1) is 0 Å². The zero-order valence-electron chi connectivity index (χ0n) is 8.91. The molecule has 7 heteroatoms. The van der Waals surface area contributed by atoms with Crippen LogP contribution in [0.3, 0.4) is 0 Å². The van der Waals surface area contributed by atoms with Crippen LogP contribution < -0.4 is 5.32 Å². The van der Waals surface area contributed by atoms with E-state index in [1.165, 1.54) is 0 Å². The lowest BCUT2D eigenvalue weighted by molar-refractivity contribution is -0.134. The van der Waals surface area contributed by atoms with Gasteiger partial charge in [-0.05, 0) is 18.6 Å². The molecule has 4 nitrogen and oxygen atoms in total. The molecule has 0 saturated carbocycles. The number of halogens is 3. The van der Waals surface area contributed by atoms with Gasteiger partial charge in [0.05, 0.1) is 0 Å². The van der Waals surface area contributed by atoms with Crippen molar-refractivity contribution in [1.29, 1.82) is 0 Å². The van der Waals surface area contributed by atoms with Gasteiger partial charge in [-0.2, -0.15) is 18.2 Å². The molecular weight excluding hydrogens is 233 g/mol. The Bertz CT molecular complexity index is 459. The lowest BCUT2D eigenvalue weighted by Gasteiger charge is -2.05. The quantitative estimate of drug-likeness (QED) is 0.840. The highest BCUT2D eigenvalue weighted by atomic mass is 19.4. The summed E-state index contributed by atoms with van der Waals surface area (Å²) in [6.07, 6.45) is -3.16. The molecule has 0 aliphatic heterocycles. The number of hydrogen-bond acceptors (Lipinski definition) is 3. The summed E-state index contributed by atoms with van der Waals surface area (Å²) >= 11 is 0. The topological polar surface area (TPSA) is 42.2 Å². The first-order valence-corrected chi connectivity index (χ1v) is 5.17. The number of nitrogens with one attached hydrogen (secondary N) is 1. The van der Waals surface area contributed by atoms with Crippen molar-refractivity contribution >= 4 is 11.6 Å². The number of rotatable bonds is 4. The summed E-state index contributed by atoms with van der Waals surface area (Å²) in [6, 6.07) is 5.39. The lowest BCUT2D eigenvalue weighted by Crippen LogP contribution is -2.11. The van der Waals surface area contributed by atoms with E-state index < -0.39 is 12.6 Å². The number of nitrogens with zero attached hydrogens (tertiary/aromatic N) is 3. The monoisotopic (exact) mass is 244 g/mol. The molecule has 2 heterocycles. The molecule has 0 spiro atoms. The average molecular weight is 244 g/mol. The van der Waals surface area contributed by atoms with Crippen LogP contribution in [0.5, 0.6) is 0 Å². The Morgan fingerprint density at radius 1 is 1.29 bits per heavy atom. The molecule has 0 aliphatic carbocycles. The van der Waals surface area contributed by atoms with Crippen molar-refractivity contribution in [3.05, 3.63) is 24.4 Å². The minimum atomic E-state index is -4.10. The van der Waals surface area contributed by atoms with Crippen molar-refractivity contribution in [3.63, 3.8) is 0 Å². The molecule has 92 valence electrons. The van der Waals surface area contributed by atoms with E-state index in [-0.39, 0.29) is 13.0 Å². The van der Waals surface area contributed by atoms with Crippen molar-refractivity contribution in [3.8, 4) is 0 Å². The Kier molecular flexibility index (Phi) is 3.16. The number of aromatic nitrogens is 3. The molecule has 0 bridgehead atoms. The number of hydrogen-bond donors (Lipinski definition) is 1. The Morgan fingerprint density at radius 3 is 2.82 bits per heavy atom. The molecule has 0 aromatic carbocycles. The van der Waals surface area contributed by atoms with Crippen LogP contribution in [0.2, 0.25) is 0 Å². The second-order valence-electron chi connectivity index (χ2n) is 3.58. The van der Waals surface area contributed by atoms with E-state index >= 15 is 0 Å². The molecule has 0 saturated heterocycles. The van der Waals surface area contributed by atoms with Gasteiger partial charge in [-0.15, -0.1) is 5.10 Å². The molecular formula is C10H11F3N4. The summed E-state index contributed by atoms with van der Waals surface area (Å²) in [5, 5.41) is 6.82. The number of fused-ring (bicyclic) bond motifs is 1. The third kappa shape index (κ3) is 3.33. The number of alkyl halides is 3. The van der Waals surface area contributed by atoms with E-state index in [0.717, 1.165) is 0 Å². The van der Waals surface area contributed by atoms with Gasteiger partial charge < -0.3 is 5.32 Å². The van der Waals surface area contributed by atoms with E-state index in [1.54, 1.807) is 22.8 Å². The Morgan fingerprint density at radius 2 is 2.12 bits per heavy atom. The van der Waals surface area contributed by atoms with Gasteiger partial charge in [0.1, 0.15) is 0 Å². The normalized spacial score (nSPS) is 11.9. The van der Waals surface area contributed by atoms with Crippen LogP contribution in [0.1, 0.15) is 12.8 Å². The maximum Gasteiger partial charge on any atom is 0.389 e. The fourth-order valence-corrected chi connectivity index (χ4v) is 1.40. The molecule has 1 N–H and O–H groups in total. The van der Waals surface area contributed by atoms with E-state index in [0.29, 0.717) is 11.6 Å². The molecule has 2 rings (SSSR count). The highest BCUT2D eigenvalue weighted by molar-refractivity contribution is 5.42. The standard InChI is InChI=1S/C10H11F3N4/c11-10(12,13)5-3-6-14-9-15-8-4-1-2-7-17(8)16-9/h1-2,4,7H,3,5-6H2,(H,14,16). The fourth-order valence-electron chi connectivity index (χ4n) is 1.40. The van der Waals surface area contributed by atoms with Gasteiger partial charge in [0.15, 0.2) is 5.65 Å². The highest BCUT2D eigenvalue weighted by Gasteiger charge is 2.25. The summed E-state index contributed by atoms with van der Waals surface area (Å²) in [5.41, 5.74) is 0.658. The molecule has 0 fully saturated rings. The van der Waals surface area contributed by atoms with Crippen molar-refractivity contribution in [1.82, 2.24) is 14.6 Å². The Labute approximate surface area is 95.5 Å². The van der Waals surface area contributed by atoms with E-state index in [2.05, 4.69) is 15.4 Å². The third-order valence-electron chi connectivity index (χ3n) is 2.16. The van der Waals surface area contributed by atoms with Gasteiger partial charge in [0.25, 0.3) is 0 Å². The first-order valence-electron chi connectivity index (χ1n) is 5.17. The maximum atomic E-state index is 11.9. The smallest absolute Gasteiger partial charge is 0.353 e. The Hall–Kier alpha value is -1.79. The third-order valence-corrected chi connectivity index (χ3v) is 2.16. The summed E-state index contributed by atoms with van der Waals surface area (Å²) in [4.78, 5) is 4.11. The van der Waals surface area contributed by atoms with Gasteiger partial charge in [-0.3, -0.25) is 0 Å².